The first-order valence-corrected chi connectivity index (χ1v) is 9.46. The van der Waals surface area contributed by atoms with Gasteiger partial charge in [-0.1, -0.05) is 41.4 Å². The molecule has 0 spiro atoms. The van der Waals surface area contributed by atoms with Gasteiger partial charge in [0.25, 0.3) is 5.91 Å². The van der Waals surface area contributed by atoms with Gasteiger partial charge in [0.15, 0.2) is 5.71 Å². The number of amides is 2. The lowest BCUT2D eigenvalue weighted by Crippen LogP contribution is -2.39. The molecule has 0 aromatic heterocycles. The van der Waals surface area contributed by atoms with Gasteiger partial charge < -0.3 is 4.74 Å². The van der Waals surface area contributed by atoms with Crippen LogP contribution in [0, 0.1) is 12.8 Å². The number of fused-ring (bicyclic) bond motifs is 1. The van der Waals surface area contributed by atoms with Crippen LogP contribution in [0.25, 0.3) is 0 Å². The first-order chi connectivity index (χ1) is 13.9. The van der Waals surface area contributed by atoms with Crippen LogP contribution in [0.2, 0.25) is 10.0 Å². The maximum Gasteiger partial charge on any atom is 0.355 e. The van der Waals surface area contributed by atoms with E-state index in [1.54, 1.807) is 49.4 Å². The minimum atomic E-state index is -1.11. The minimum absolute atomic E-state index is 0.141. The zero-order valence-electron chi connectivity index (χ0n) is 15.4. The average Bonchev–Trinajstić information content (AvgIpc) is 3.21. The lowest BCUT2D eigenvalue weighted by atomic mass is 9.98. The van der Waals surface area contributed by atoms with Gasteiger partial charge in [-0.25, -0.2) is 14.7 Å². The molecule has 0 aliphatic carbocycles. The summed E-state index contributed by atoms with van der Waals surface area (Å²) in [5, 5.41) is 6.31. The first-order valence-electron chi connectivity index (χ1n) is 8.70. The van der Waals surface area contributed by atoms with Crippen molar-refractivity contribution in [3.8, 4) is 0 Å². The third kappa shape index (κ3) is 2.89. The van der Waals surface area contributed by atoms with Crippen LogP contribution >= 0.6 is 23.2 Å². The summed E-state index contributed by atoms with van der Waals surface area (Å²) >= 11 is 12.5. The molecule has 29 heavy (non-hydrogen) atoms. The molecule has 7 nitrogen and oxygen atoms in total. The van der Waals surface area contributed by atoms with E-state index in [0.717, 1.165) is 4.90 Å². The summed E-state index contributed by atoms with van der Waals surface area (Å²) in [6.07, 6.45) is 0. The third-order valence-corrected chi connectivity index (χ3v) is 5.75. The van der Waals surface area contributed by atoms with E-state index >= 15 is 0 Å². The topological polar surface area (TPSA) is 79.3 Å². The number of methoxy groups -OCH3 is 1. The number of carbonyl (C=O) groups is 3. The van der Waals surface area contributed by atoms with Gasteiger partial charge in [-0.3, -0.25) is 9.59 Å². The van der Waals surface area contributed by atoms with E-state index in [-0.39, 0.29) is 5.71 Å². The van der Waals surface area contributed by atoms with Gasteiger partial charge in [0.1, 0.15) is 12.0 Å². The van der Waals surface area contributed by atoms with Crippen molar-refractivity contribution in [3.63, 3.8) is 0 Å². The van der Waals surface area contributed by atoms with Crippen LogP contribution in [-0.2, 0) is 19.1 Å². The number of benzene rings is 2. The molecule has 2 amide bonds. The molecule has 0 saturated carbocycles. The number of hydrogen-bond donors (Lipinski definition) is 0. The van der Waals surface area contributed by atoms with Gasteiger partial charge in [-0.15, -0.1) is 0 Å². The van der Waals surface area contributed by atoms with Gasteiger partial charge in [0.05, 0.1) is 23.5 Å². The number of anilines is 2. The predicted molar refractivity (Wildman–Crippen MR) is 109 cm³/mol. The molecule has 9 heteroatoms. The predicted octanol–water partition coefficient (Wildman–Crippen LogP) is 3.21. The zero-order chi connectivity index (χ0) is 20.9. The standard InChI is InChI=1S/C20H15Cl2N3O4/c1-10-11(21)7-5-9-13(10)24-18(26)15-16(20(28)29-2)23-25(17(15)19(24)27)14-8-4-3-6-12(14)22/h3-9,15,17H,1-2H3/t15-,17-/m0/s1. The Morgan fingerprint density at radius 1 is 1.00 bits per heavy atom. The SMILES string of the molecule is COC(=O)C1=NN(c2ccccc2Cl)[C@@H]2C(=O)N(c3cccc(Cl)c3C)C(=O)[C@@H]12. The van der Waals surface area contributed by atoms with Crippen LogP contribution in [0.3, 0.4) is 0 Å². The summed E-state index contributed by atoms with van der Waals surface area (Å²) in [5.74, 6) is -2.97. The second-order valence-corrected chi connectivity index (χ2v) is 7.41. The normalized spacial score (nSPS) is 20.8. The highest BCUT2D eigenvalue weighted by Crippen LogP contribution is 2.41. The molecule has 2 heterocycles. The second kappa shape index (κ2) is 7.17. The summed E-state index contributed by atoms with van der Waals surface area (Å²) in [4.78, 5) is 40.0. The number of halogens is 2. The molecule has 2 atom stereocenters. The average molecular weight is 432 g/mol. The van der Waals surface area contributed by atoms with Gasteiger partial charge in [-0.05, 0) is 36.8 Å². The Kier molecular flexibility index (Phi) is 4.80. The van der Waals surface area contributed by atoms with Crippen LogP contribution in [0.1, 0.15) is 5.56 Å². The Bertz CT molecular complexity index is 1090. The van der Waals surface area contributed by atoms with Gasteiger partial charge in [0.2, 0.25) is 5.91 Å². The van der Waals surface area contributed by atoms with Crippen molar-refractivity contribution in [2.75, 3.05) is 17.0 Å². The van der Waals surface area contributed by atoms with E-state index in [0.29, 0.717) is 27.0 Å². The van der Waals surface area contributed by atoms with E-state index in [1.165, 1.54) is 12.1 Å². The molecule has 0 radical (unpaired) electrons. The summed E-state index contributed by atoms with van der Waals surface area (Å²) < 4.78 is 4.79. The Morgan fingerprint density at radius 3 is 2.34 bits per heavy atom. The number of hydrazone groups is 1. The molecular formula is C20H15Cl2N3O4. The molecule has 2 aliphatic heterocycles. The summed E-state index contributed by atoms with van der Waals surface area (Å²) in [6.45, 7) is 1.72. The maximum absolute atomic E-state index is 13.4. The largest absolute Gasteiger partial charge is 0.464 e. The number of esters is 1. The van der Waals surface area contributed by atoms with E-state index in [9.17, 15) is 14.4 Å². The smallest absolute Gasteiger partial charge is 0.355 e. The van der Waals surface area contributed by atoms with E-state index < -0.39 is 29.7 Å². The third-order valence-electron chi connectivity index (χ3n) is 5.02. The summed E-state index contributed by atoms with van der Waals surface area (Å²) in [7, 11) is 1.19. The van der Waals surface area contributed by atoms with Crippen molar-refractivity contribution in [1.82, 2.24) is 0 Å². The highest BCUT2D eigenvalue weighted by Gasteiger charge is 2.59. The Hall–Kier alpha value is -2.90. The van der Waals surface area contributed by atoms with Crippen LogP contribution in [0.5, 0.6) is 0 Å². The van der Waals surface area contributed by atoms with Gasteiger partial charge >= 0.3 is 5.97 Å². The molecule has 148 valence electrons. The molecule has 0 unspecified atom stereocenters. The number of carbonyl (C=O) groups excluding carboxylic acids is 3. The highest BCUT2D eigenvalue weighted by atomic mass is 35.5. The fraction of sp³-hybridized carbons (Fsp3) is 0.200. The molecule has 2 aromatic carbocycles. The lowest BCUT2D eigenvalue weighted by Gasteiger charge is -2.23. The molecular weight excluding hydrogens is 417 g/mol. The molecule has 1 fully saturated rings. The van der Waals surface area contributed by atoms with Gasteiger partial charge in [-0.2, -0.15) is 5.10 Å². The number of para-hydroxylation sites is 1. The summed E-state index contributed by atoms with van der Waals surface area (Å²) in [6, 6.07) is 10.7. The quantitative estimate of drug-likeness (QED) is 0.550. The van der Waals surface area contributed by atoms with Crippen molar-refractivity contribution in [2.45, 2.75) is 13.0 Å². The number of imide groups is 1. The molecule has 4 rings (SSSR count). The van der Waals surface area contributed by atoms with Crippen molar-refractivity contribution < 1.29 is 19.1 Å². The minimum Gasteiger partial charge on any atom is -0.464 e. The van der Waals surface area contributed by atoms with E-state index in [2.05, 4.69) is 5.10 Å². The number of ether oxygens (including phenoxy) is 1. The fourth-order valence-corrected chi connectivity index (χ4v) is 3.99. The van der Waals surface area contributed by atoms with Crippen molar-refractivity contribution in [2.24, 2.45) is 11.0 Å². The fourth-order valence-electron chi connectivity index (χ4n) is 3.60. The van der Waals surface area contributed by atoms with Crippen molar-refractivity contribution in [3.05, 3.63) is 58.1 Å². The van der Waals surface area contributed by atoms with Crippen LogP contribution < -0.4 is 9.91 Å². The molecule has 2 aromatic rings. The van der Waals surface area contributed by atoms with Crippen molar-refractivity contribution in [1.29, 1.82) is 0 Å². The number of hydrogen-bond acceptors (Lipinski definition) is 6. The van der Waals surface area contributed by atoms with E-state index in [1.807, 2.05) is 0 Å². The Morgan fingerprint density at radius 2 is 1.66 bits per heavy atom. The summed E-state index contributed by atoms with van der Waals surface area (Å²) in [5.41, 5.74) is 1.22. The molecule has 0 N–H and O–H groups in total. The number of nitrogens with zero attached hydrogens (tertiary/aromatic N) is 3. The molecule has 2 aliphatic rings. The lowest BCUT2D eigenvalue weighted by molar-refractivity contribution is -0.133. The zero-order valence-corrected chi connectivity index (χ0v) is 16.9. The van der Waals surface area contributed by atoms with Crippen LogP contribution in [0.4, 0.5) is 11.4 Å². The molecule has 1 saturated heterocycles. The van der Waals surface area contributed by atoms with Gasteiger partial charge in [0, 0.05) is 5.02 Å². The first kappa shape index (κ1) is 19.4. The van der Waals surface area contributed by atoms with Crippen LogP contribution in [-0.4, -0.2) is 36.6 Å². The Balaban J connectivity index is 1.86. The molecule has 0 bridgehead atoms. The van der Waals surface area contributed by atoms with Crippen molar-refractivity contribution >= 4 is 58.1 Å². The monoisotopic (exact) mass is 431 g/mol. The maximum atomic E-state index is 13.4. The van der Waals surface area contributed by atoms with Crippen LogP contribution in [0.15, 0.2) is 47.6 Å². The second-order valence-electron chi connectivity index (χ2n) is 6.59. The Labute approximate surface area is 176 Å². The number of rotatable bonds is 3. The highest BCUT2D eigenvalue weighted by molar-refractivity contribution is 6.47. The van der Waals surface area contributed by atoms with E-state index in [4.69, 9.17) is 27.9 Å².